The summed E-state index contributed by atoms with van der Waals surface area (Å²) in [5, 5.41) is 18.6. The maximum atomic E-state index is 10.6. The summed E-state index contributed by atoms with van der Waals surface area (Å²) in [6.45, 7) is 8.10. The van der Waals surface area contributed by atoms with Crippen molar-refractivity contribution in [2.24, 2.45) is 0 Å². The molecule has 3 rings (SSSR count). The number of H-pyrrole nitrogens is 1. The van der Waals surface area contributed by atoms with Crippen LogP contribution in [0.2, 0.25) is 5.02 Å². The van der Waals surface area contributed by atoms with Crippen molar-refractivity contribution in [1.82, 2.24) is 15.5 Å². The number of aliphatic carboxylic acids is 1. The minimum absolute atomic E-state index is 0.257. The van der Waals surface area contributed by atoms with Crippen molar-refractivity contribution in [2.75, 3.05) is 13.1 Å². The van der Waals surface area contributed by atoms with Gasteiger partial charge >= 0.3 is 12.1 Å². The number of aryl methyl sites for hydroxylation is 3. The lowest BCUT2D eigenvalue weighted by atomic mass is 9.99. The van der Waals surface area contributed by atoms with Gasteiger partial charge in [-0.05, 0) is 64.4 Å². The molecular weight excluding hydrogens is 411 g/mol. The molecule has 160 valence electrons. The molecule has 1 aromatic heterocycles. The fourth-order valence-electron chi connectivity index (χ4n) is 3.10. The van der Waals surface area contributed by atoms with E-state index in [9.17, 15) is 13.2 Å². The zero-order chi connectivity index (χ0) is 21.8. The predicted octanol–water partition coefficient (Wildman–Crippen LogP) is 4.42. The van der Waals surface area contributed by atoms with Gasteiger partial charge in [-0.1, -0.05) is 11.6 Å². The summed E-state index contributed by atoms with van der Waals surface area (Å²) in [4.78, 5) is 8.90. The number of nitrogens with one attached hydrogen (secondary N) is 2. The van der Waals surface area contributed by atoms with Crippen molar-refractivity contribution < 1.29 is 27.8 Å². The molecule has 1 saturated heterocycles. The van der Waals surface area contributed by atoms with Gasteiger partial charge < -0.3 is 15.2 Å². The normalized spacial score (nSPS) is 14.9. The van der Waals surface area contributed by atoms with Crippen LogP contribution in [-0.4, -0.2) is 46.6 Å². The third-order valence-corrected chi connectivity index (χ3v) is 4.67. The smallest absolute Gasteiger partial charge is 0.489 e. The van der Waals surface area contributed by atoms with Gasteiger partial charge in [-0.3, -0.25) is 5.10 Å². The Kier molecular flexibility index (Phi) is 7.54. The summed E-state index contributed by atoms with van der Waals surface area (Å²) >= 11 is 6.29. The van der Waals surface area contributed by atoms with Crippen LogP contribution in [0.1, 0.15) is 29.8 Å². The monoisotopic (exact) mass is 433 g/mol. The van der Waals surface area contributed by atoms with Crippen LogP contribution >= 0.6 is 11.6 Å². The zero-order valence-corrected chi connectivity index (χ0v) is 17.0. The SMILES string of the molecule is Cc1cc(Cl)cc(-c2c(C)n[nH]c2C)c1OC1CCNCC1.O=C(O)C(F)(F)F. The van der Waals surface area contributed by atoms with Gasteiger partial charge in [0.1, 0.15) is 11.9 Å². The van der Waals surface area contributed by atoms with E-state index in [1.807, 2.05) is 26.0 Å². The zero-order valence-electron chi connectivity index (χ0n) is 16.3. The van der Waals surface area contributed by atoms with Crippen molar-refractivity contribution in [3.8, 4) is 16.9 Å². The van der Waals surface area contributed by atoms with Gasteiger partial charge in [-0.25, -0.2) is 4.79 Å². The van der Waals surface area contributed by atoms with Crippen molar-refractivity contribution in [2.45, 2.75) is 45.9 Å². The lowest BCUT2D eigenvalue weighted by Gasteiger charge is -2.26. The standard InChI is InChI=1S/C17H22ClN3O.C2HF3O2/c1-10-8-13(18)9-15(16-11(2)20-21-12(16)3)17(10)22-14-4-6-19-7-5-14;3-2(4,5)1(6)7/h8-9,14,19H,4-7H2,1-3H3,(H,20,21);(H,6,7). The van der Waals surface area contributed by atoms with E-state index < -0.39 is 12.1 Å². The number of piperidine rings is 1. The van der Waals surface area contributed by atoms with Crippen molar-refractivity contribution in [3.05, 3.63) is 34.1 Å². The highest BCUT2D eigenvalue weighted by atomic mass is 35.5. The summed E-state index contributed by atoms with van der Waals surface area (Å²) in [5.74, 6) is -1.82. The summed E-state index contributed by atoms with van der Waals surface area (Å²) in [6, 6.07) is 3.95. The number of rotatable bonds is 3. The van der Waals surface area contributed by atoms with Crippen LogP contribution in [-0.2, 0) is 4.79 Å². The Bertz CT molecular complexity index is 843. The molecule has 1 fully saturated rings. The number of nitrogens with zero attached hydrogens (tertiary/aromatic N) is 1. The molecule has 0 radical (unpaired) electrons. The molecule has 29 heavy (non-hydrogen) atoms. The number of carboxylic acids is 1. The quantitative estimate of drug-likeness (QED) is 0.667. The first-order valence-corrected chi connectivity index (χ1v) is 9.38. The summed E-state index contributed by atoms with van der Waals surface area (Å²) in [7, 11) is 0. The highest BCUT2D eigenvalue weighted by Gasteiger charge is 2.38. The molecule has 0 saturated carbocycles. The molecule has 10 heteroatoms. The number of ether oxygens (including phenoxy) is 1. The fourth-order valence-corrected chi connectivity index (χ4v) is 3.37. The predicted molar refractivity (Wildman–Crippen MR) is 103 cm³/mol. The van der Waals surface area contributed by atoms with Crippen molar-refractivity contribution in [3.63, 3.8) is 0 Å². The average molecular weight is 434 g/mol. The minimum atomic E-state index is -5.08. The van der Waals surface area contributed by atoms with Crippen LogP contribution in [0.5, 0.6) is 5.75 Å². The summed E-state index contributed by atoms with van der Waals surface area (Å²) in [5.41, 5.74) is 5.20. The van der Waals surface area contributed by atoms with Gasteiger partial charge in [0.2, 0.25) is 0 Å². The number of hydrogen-bond donors (Lipinski definition) is 3. The van der Waals surface area contributed by atoms with Gasteiger partial charge in [0.15, 0.2) is 0 Å². The molecule has 2 aromatic rings. The minimum Gasteiger partial charge on any atom is -0.489 e. The van der Waals surface area contributed by atoms with E-state index in [0.29, 0.717) is 0 Å². The van der Waals surface area contributed by atoms with E-state index >= 15 is 0 Å². The molecule has 6 nitrogen and oxygen atoms in total. The number of halogens is 4. The fraction of sp³-hybridized carbons (Fsp3) is 0.474. The molecular formula is C19H23ClF3N3O3. The molecule has 1 aromatic carbocycles. The Labute approximate surface area is 171 Å². The maximum Gasteiger partial charge on any atom is 0.490 e. The van der Waals surface area contributed by atoms with Gasteiger partial charge in [0.25, 0.3) is 0 Å². The third-order valence-electron chi connectivity index (χ3n) is 4.45. The lowest BCUT2D eigenvalue weighted by molar-refractivity contribution is -0.192. The van der Waals surface area contributed by atoms with Crippen LogP contribution < -0.4 is 10.1 Å². The molecule has 0 aliphatic carbocycles. The van der Waals surface area contributed by atoms with Gasteiger partial charge in [0, 0.05) is 21.8 Å². The molecule has 0 amide bonds. The first-order chi connectivity index (χ1) is 13.5. The van der Waals surface area contributed by atoms with E-state index in [2.05, 4.69) is 22.4 Å². The first kappa shape index (κ1) is 23.0. The molecule has 3 N–H and O–H groups in total. The molecule has 0 atom stereocenters. The number of alkyl halides is 3. The van der Waals surface area contributed by atoms with Crippen LogP contribution in [0.25, 0.3) is 11.1 Å². The maximum absolute atomic E-state index is 10.6. The molecule has 0 bridgehead atoms. The van der Waals surface area contributed by atoms with E-state index in [0.717, 1.165) is 64.8 Å². The second-order valence-corrected chi connectivity index (χ2v) is 7.21. The topological polar surface area (TPSA) is 87.2 Å². The van der Waals surface area contributed by atoms with Crippen LogP contribution in [0.15, 0.2) is 12.1 Å². The Balaban J connectivity index is 0.000000370. The lowest BCUT2D eigenvalue weighted by Crippen LogP contribution is -2.34. The summed E-state index contributed by atoms with van der Waals surface area (Å²) < 4.78 is 38.1. The first-order valence-electron chi connectivity index (χ1n) is 9.00. The molecule has 0 unspecified atom stereocenters. The Morgan fingerprint density at radius 2 is 1.83 bits per heavy atom. The van der Waals surface area contributed by atoms with Crippen LogP contribution in [0.4, 0.5) is 13.2 Å². The van der Waals surface area contributed by atoms with E-state index in [-0.39, 0.29) is 6.10 Å². The highest BCUT2D eigenvalue weighted by Crippen LogP contribution is 2.39. The van der Waals surface area contributed by atoms with E-state index in [1.54, 1.807) is 0 Å². The van der Waals surface area contributed by atoms with Gasteiger partial charge in [0.05, 0.1) is 5.69 Å². The van der Waals surface area contributed by atoms with Gasteiger partial charge in [-0.2, -0.15) is 18.3 Å². The number of benzene rings is 1. The second-order valence-electron chi connectivity index (χ2n) is 6.78. The van der Waals surface area contributed by atoms with Crippen LogP contribution in [0.3, 0.4) is 0 Å². The summed E-state index contributed by atoms with van der Waals surface area (Å²) in [6.07, 6.45) is -2.76. The number of hydrogen-bond acceptors (Lipinski definition) is 4. The largest absolute Gasteiger partial charge is 0.490 e. The van der Waals surface area contributed by atoms with E-state index in [1.165, 1.54) is 0 Å². The van der Waals surface area contributed by atoms with Crippen molar-refractivity contribution in [1.29, 1.82) is 0 Å². The van der Waals surface area contributed by atoms with Gasteiger partial charge in [-0.15, -0.1) is 0 Å². The second kappa shape index (κ2) is 9.49. The highest BCUT2D eigenvalue weighted by molar-refractivity contribution is 6.31. The Morgan fingerprint density at radius 1 is 1.24 bits per heavy atom. The van der Waals surface area contributed by atoms with Crippen LogP contribution in [0, 0.1) is 20.8 Å². The number of aromatic nitrogens is 2. The van der Waals surface area contributed by atoms with Crippen molar-refractivity contribution >= 4 is 17.6 Å². The third kappa shape index (κ3) is 6.11. The molecule has 0 spiro atoms. The number of carboxylic acid groups (broad SMARTS) is 1. The molecule has 1 aliphatic rings. The average Bonchev–Trinajstić information content (AvgIpc) is 2.96. The van der Waals surface area contributed by atoms with E-state index in [4.69, 9.17) is 26.2 Å². The number of aromatic amines is 1. The number of carbonyl (C=O) groups is 1. The Morgan fingerprint density at radius 3 is 2.31 bits per heavy atom. The molecule has 1 aliphatic heterocycles. The Hall–Kier alpha value is -2.26. The molecule has 2 heterocycles.